The molecule has 0 radical (unpaired) electrons. The van der Waals surface area contributed by atoms with E-state index in [2.05, 4.69) is 34.5 Å². The summed E-state index contributed by atoms with van der Waals surface area (Å²) in [6.07, 6.45) is 2.25. The summed E-state index contributed by atoms with van der Waals surface area (Å²) in [7, 11) is 0. The van der Waals surface area contributed by atoms with Crippen molar-refractivity contribution in [3.63, 3.8) is 0 Å². The van der Waals surface area contributed by atoms with Crippen LogP contribution in [0.1, 0.15) is 76.8 Å². The SMILES string of the molecule is CCC(c1ccc(N2CCC(c3ccccc3)CC2)c(NC(=O)OC(C)(C)C)c1)C(C)C(=O)O. The van der Waals surface area contributed by atoms with Crippen LogP contribution in [0.25, 0.3) is 0 Å². The van der Waals surface area contributed by atoms with Gasteiger partial charge in [0.1, 0.15) is 5.60 Å². The van der Waals surface area contributed by atoms with Crippen molar-refractivity contribution in [1.29, 1.82) is 0 Å². The first-order valence-electron chi connectivity index (χ1n) is 12.3. The van der Waals surface area contributed by atoms with Crippen LogP contribution in [-0.2, 0) is 9.53 Å². The Bertz CT molecular complexity index is 976. The largest absolute Gasteiger partial charge is 0.481 e. The highest BCUT2D eigenvalue weighted by Gasteiger charge is 2.27. The molecule has 2 N–H and O–H groups in total. The second-order valence-corrected chi connectivity index (χ2v) is 10.2. The van der Waals surface area contributed by atoms with Gasteiger partial charge in [0.15, 0.2) is 0 Å². The monoisotopic (exact) mass is 466 g/mol. The first-order chi connectivity index (χ1) is 16.1. The zero-order valence-electron chi connectivity index (χ0n) is 21.0. The third-order valence-corrected chi connectivity index (χ3v) is 6.62. The molecule has 2 aromatic rings. The summed E-state index contributed by atoms with van der Waals surface area (Å²) in [6.45, 7) is 11.0. The molecule has 0 spiro atoms. The minimum absolute atomic E-state index is 0.144. The molecule has 34 heavy (non-hydrogen) atoms. The average Bonchev–Trinajstić information content (AvgIpc) is 2.79. The molecule has 0 aliphatic carbocycles. The summed E-state index contributed by atoms with van der Waals surface area (Å²) in [5.41, 5.74) is 3.28. The molecule has 1 amide bonds. The van der Waals surface area contributed by atoms with Crippen molar-refractivity contribution < 1.29 is 19.4 Å². The molecule has 184 valence electrons. The van der Waals surface area contributed by atoms with Crippen LogP contribution in [0.3, 0.4) is 0 Å². The third-order valence-electron chi connectivity index (χ3n) is 6.62. The number of rotatable bonds is 7. The van der Waals surface area contributed by atoms with Crippen LogP contribution in [0, 0.1) is 5.92 Å². The fourth-order valence-corrected chi connectivity index (χ4v) is 4.80. The molecule has 2 aromatic carbocycles. The van der Waals surface area contributed by atoms with Crippen molar-refractivity contribution in [2.24, 2.45) is 5.92 Å². The van der Waals surface area contributed by atoms with Crippen LogP contribution in [0.15, 0.2) is 48.5 Å². The molecule has 0 saturated carbocycles. The predicted octanol–water partition coefficient (Wildman–Crippen LogP) is 6.63. The maximum atomic E-state index is 12.6. The van der Waals surface area contributed by atoms with Gasteiger partial charge in [-0.05, 0) is 75.1 Å². The Hall–Kier alpha value is -3.02. The van der Waals surface area contributed by atoms with Crippen molar-refractivity contribution in [2.45, 2.75) is 71.3 Å². The summed E-state index contributed by atoms with van der Waals surface area (Å²) < 4.78 is 5.51. The Morgan fingerprint density at radius 1 is 1.12 bits per heavy atom. The second-order valence-electron chi connectivity index (χ2n) is 10.2. The minimum atomic E-state index is -0.819. The van der Waals surface area contributed by atoms with Gasteiger partial charge in [-0.3, -0.25) is 10.1 Å². The number of nitrogens with zero attached hydrogens (tertiary/aromatic N) is 1. The molecule has 1 saturated heterocycles. The molecule has 3 rings (SSSR count). The molecule has 1 heterocycles. The fraction of sp³-hybridized carbons (Fsp3) is 0.500. The smallest absolute Gasteiger partial charge is 0.412 e. The molecule has 6 nitrogen and oxygen atoms in total. The maximum absolute atomic E-state index is 12.6. The highest BCUT2D eigenvalue weighted by atomic mass is 16.6. The molecule has 1 fully saturated rings. The van der Waals surface area contributed by atoms with E-state index in [9.17, 15) is 14.7 Å². The number of nitrogens with one attached hydrogen (secondary N) is 1. The lowest BCUT2D eigenvalue weighted by Crippen LogP contribution is -2.34. The van der Waals surface area contributed by atoms with E-state index in [1.807, 2.05) is 52.0 Å². The molecular weight excluding hydrogens is 428 g/mol. The van der Waals surface area contributed by atoms with Crippen LogP contribution in [0.4, 0.5) is 16.2 Å². The van der Waals surface area contributed by atoms with Gasteiger partial charge >= 0.3 is 12.1 Å². The number of carbonyl (C=O) groups is 2. The standard InChI is InChI=1S/C28H38N2O4/c1-6-23(19(2)26(31)32)22-12-13-25(24(18-22)29-27(33)34-28(3,4)5)30-16-14-21(15-17-30)20-10-8-7-9-11-20/h7-13,18-19,21,23H,6,14-17H2,1-5H3,(H,29,33)(H,31,32). The van der Waals surface area contributed by atoms with E-state index < -0.39 is 23.6 Å². The number of hydrogen-bond acceptors (Lipinski definition) is 4. The highest BCUT2D eigenvalue weighted by molar-refractivity contribution is 5.90. The van der Waals surface area contributed by atoms with Crippen LogP contribution < -0.4 is 10.2 Å². The molecular formula is C28H38N2O4. The van der Waals surface area contributed by atoms with Gasteiger partial charge in [0, 0.05) is 13.1 Å². The van der Waals surface area contributed by atoms with E-state index in [0.717, 1.165) is 37.2 Å². The average molecular weight is 467 g/mol. The van der Waals surface area contributed by atoms with Crippen LogP contribution in [-0.4, -0.2) is 35.9 Å². The number of carbonyl (C=O) groups excluding carboxylic acids is 1. The third kappa shape index (κ3) is 6.52. The Morgan fingerprint density at radius 2 is 1.76 bits per heavy atom. The minimum Gasteiger partial charge on any atom is -0.481 e. The van der Waals surface area contributed by atoms with Gasteiger partial charge in [0.05, 0.1) is 17.3 Å². The zero-order chi connectivity index (χ0) is 24.9. The first kappa shape index (κ1) is 25.6. The van der Waals surface area contributed by atoms with Gasteiger partial charge in [-0.1, -0.05) is 50.2 Å². The number of carboxylic acid groups (broad SMARTS) is 1. The summed E-state index contributed by atoms with van der Waals surface area (Å²) in [6, 6.07) is 16.6. The molecule has 1 aliphatic rings. The number of piperidine rings is 1. The number of anilines is 2. The Labute approximate surface area is 203 Å². The molecule has 0 aromatic heterocycles. The van der Waals surface area contributed by atoms with Gasteiger partial charge in [0.25, 0.3) is 0 Å². The van der Waals surface area contributed by atoms with Gasteiger partial charge in [-0.2, -0.15) is 0 Å². The van der Waals surface area contributed by atoms with E-state index in [1.54, 1.807) is 6.92 Å². The van der Waals surface area contributed by atoms with Gasteiger partial charge in [-0.15, -0.1) is 0 Å². The molecule has 0 bridgehead atoms. The first-order valence-corrected chi connectivity index (χ1v) is 12.3. The maximum Gasteiger partial charge on any atom is 0.412 e. The summed E-state index contributed by atoms with van der Waals surface area (Å²) in [5.74, 6) is -0.957. The zero-order valence-corrected chi connectivity index (χ0v) is 21.0. The highest BCUT2D eigenvalue weighted by Crippen LogP contribution is 2.37. The van der Waals surface area contributed by atoms with E-state index in [0.29, 0.717) is 18.0 Å². The van der Waals surface area contributed by atoms with Crippen molar-refractivity contribution in [2.75, 3.05) is 23.3 Å². The Kier molecular flexibility index (Phi) is 8.24. The van der Waals surface area contributed by atoms with E-state index in [-0.39, 0.29) is 5.92 Å². The topological polar surface area (TPSA) is 78.9 Å². The number of hydrogen-bond donors (Lipinski definition) is 2. The van der Waals surface area contributed by atoms with Gasteiger partial charge in [-0.25, -0.2) is 4.79 Å². The van der Waals surface area contributed by atoms with E-state index >= 15 is 0 Å². The fourth-order valence-electron chi connectivity index (χ4n) is 4.80. The van der Waals surface area contributed by atoms with Crippen LogP contribution in [0.5, 0.6) is 0 Å². The van der Waals surface area contributed by atoms with E-state index in [4.69, 9.17) is 4.74 Å². The van der Waals surface area contributed by atoms with Crippen molar-refractivity contribution in [3.05, 3.63) is 59.7 Å². The Morgan fingerprint density at radius 3 is 2.32 bits per heavy atom. The summed E-state index contributed by atoms with van der Waals surface area (Å²) in [4.78, 5) is 26.6. The number of carboxylic acids is 1. The van der Waals surface area contributed by atoms with E-state index in [1.165, 1.54) is 5.56 Å². The van der Waals surface area contributed by atoms with Crippen molar-refractivity contribution in [1.82, 2.24) is 0 Å². The molecule has 2 unspecified atom stereocenters. The van der Waals surface area contributed by atoms with Crippen LogP contribution >= 0.6 is 0 Å². The Balaban J connectivity index is 1.86. The quantitative estimate of drug-likeness (QED) is 0.479. The second kappa shape index (κ2) is 10.9. The number of aliphatic carboxylic acids is 1. The summed E-state index contributed by atoms with van der Waals surface area (Å²) >= 11 is 0. The molecule has 2 atom stereocenters. The lowest BCUT2D eigenvalue weighted by atomic mass is 9.84. The predicted molar refractivity (Wildman–Crippen MR) is 137 cm³/mol. The number of benzene rings is 2. The normalized spacial score (nSPS) is 16.6. The number of amides is 1. The lowest BCUT2D eigenvalue weighted by Gasteiger charge is -2.35. The number of ether oxygens (including phenoxy) is 1. The summed E-state index contributed by atoms with van der Waals surface area (Å²) in [5, 5.41) is 12.5. The van der Waals surface area contributed by atoms with Crippen molar-refractivity contribution >= 4 is 23.4 Å². The lowest BCUT2D eigenvalue weighted by molar-refractivity contribution is -0.141. The van der Waals surface area contributed by atoms with Gasteiger partial charge < -0.3 is 14.7 Å². The van der Waals surface area contributed by atoms with Gasteiger partial charge in [0.2, 0.25) is 0 Å². The van der Waals surface area contributed by atoms with Crippen LogP contribution in [0.2, 0.25) is 0 Å². The van der Waals surface area contributed by atoms with Crippen molar-refractivity contribution in [3.8, 4) is 0 Å². The molecule has 1 aliphatic heterocycles. The molecule has 6 heteroatoms.